The van der Waals surface area contributed by atoms with Gasteiger partial charge in [0.1, 0.15) is 22.4 Å². The Morgan fingerprint density at radius 2 is 2.15 bits per heavy atom. The number of nitrogens with zero attached hydrogens (tertiary/aromatic N) is 2. The van der Waals surface area contributed by atoms with Crippen molar-refractivity contribution in [3.63, 3.8) is 0 Å². The van der Waals surface area contributed by atoms with Gasteiger partial charge in [-0.1, -0.05) is 24.0 Å². The summed E-state index contributed by atoms with van der Waals surface area (Å²) in [5.74, 6) is -0.758. The maximum atomic E-state index is 12.3. The summed E-state index contributed by atoms with van der Waals surface area (Å²) in [5.41, 5.74) is 1.36. The summed E-state index contributed by atoms with van der Waals surface area (Å²) >= 11 is 6.04. The van der Waals surface area contributed by atoms with Crippen LogP contribution in [0.1, 0.15) is 11.3 Å². The average Bonchev–Trinajstić information content (AvgIpc) is 3.15. The summed E-state index contributed by atoms with van der Waals surface area (Å²) in [6, 6.07) is 7.79. The first-order valence-electron chi connectivity index (χ1n) is 7.58. The van der Waals surface area contributed by atoms with Crippen molar-refractivity contribution in [2.24, 2.45) is 0 Å². The van der Waals surface area contributed by atoms with Gasteiger partial charge in [-0.25, -0.2) is 0 Å². The lowest BCUT2D eigenvalue weighted by Gasteiger charge is -2.09. The normalized spacial score (nSPS) is 15.6. The summed E-state index contributed by atoms with van der Waals surface area (Å²) in [6.45, 7) is 1.24. The van der Waals surface area contributed by atoms with E-state index in [0.29, 0.717) is 22.6 Å². The third kappa shape index (κ3) is 3.91. The fourth-order valence-corrected chi connectivity index (χ4v) is 3.75. The number of hydrogen-bond acceptors (Lipinski definition) is 7. The molecule has 0 aliphatic carbocycles. The molecule has 1 aromatic heterocycles. The van der Waals surface area contributed by atoms with E-state index < -0.39 is 23.3 Å². The minimum Gasteiger partial charge on any atom is -0.480 e. The molecular formula is C17H12N2O6S2. The summed E-state index contributed by atoms with van der Waals surface area (Å²) in [6.07, 6.45) is 1.49. The molecule has 1 aliphatic heterocycles. The average molecular weight is 404 g/mol. The van der Waals surface area contributed by atoms with Crippen molar-refractivity contribution in [3.05, 3.63) is 56.7 Å². The summed E-state index contributed by atoms with van der Waals surface area (Å²) < 4.78 is 5.90. The molecule has 0 atom stereocenters. The van der Waals surface area contributed by atoms with Crippen molar-refractivity contribution in [1.82, 2.24) is 4.90 Å². The van der Waals surface area contributed by atoms with Crippen LogP contribution in [-0.4, -0.2) is 37.7 Å². The minimum atomic E-state index is -1.15. The first-order chi connectivity index (χ1) is 12.8. The molecule has 2 aromatic rings. The highest BCUT2D eigenvalue weighted by molar-refractivity contribution is 8.26. The fraction of sp³-hybridized carbons (Fsp3) is 0.118. The van der Waals surface area contributed by atoms with Crippen LogP contribution in [0.3, 0.4) is 0 Å². The molecule has 8 nitrogen and oxygen atoms in total. The van der Waals surface area contributed by atoms with Crippen LogP contribution >= 0.6 is 24.0 Å². The largest absolute Gasteiger partial charge is 0.480 e. The number of furan rings is 1. The van der Waals surface area contributed by atoms with Crippen molar-refractivity contribution in [1.29, 1.82) is 0 Å². The van der Waals surface area contributed by atoms with Gasteiger partial charge < -0.3 is 9.52 Å². The standard InChI is InChI=1S/C17H12N2O6S2/c1-9-6-10(19(23)24)2-4-12(9)13-5-3-11(25-13)7-14-16(22)18(8-15(20)21)17(26)27-14/h2-7H,8H2,1H3,(H,20,21)/b14-7-. The van der Waals surface area contributed by atoms with Crippen LogP contribution in [-0.2, 0) is 9.59 Å². The van der Waals surface area contributed by atoms with Crippen LogP contribution in [0.4, 0.5) is 5.69 Å². The molecule has 1 aromatic carbocycles. The molecule has 27 heavy (non-hydrogen) atoms. The lowest BCUT2D eigenvalue weighted by atomic mass is 10.1. The first-order valence-corrected chi connectivity index (χ1v) is 8.81. The van der Waals surface area contributed by atoms with Gasteiger partial charge in [0.25, 0.3) is 11.6 Å². The van der Waals surface area contributed by atoms with Gasteiger partial charge in [-0.2, -0.15) is 0 Å². The Labute approximate surface area is 162 Å². The Morgan fingerprint density at radius 3 is 2.78 bits per heavy atom. The number of carbonyl (C=O) groups excluding carboxylic acids is 1. The molecule has 1 amide bonds. The van der Waals surface area contributed by atoms with Gasteiger partial charge in [-0.05, 0) is 30.7 Å². The van der Waals surface area contributed by atoms with E-state index in [0.717, 1.165) is 16.7 Å². The van der Waals surface area contributed by atoms with Crippen LogP contribution in [0, 0.1) is 17.0 Å². The van der Waals surface area contributed by atoms with Gasteiger partial charge in [-0.3, -0.25) is 24.6 Å². The lowest BCUT2D eigenvalue weighted by molar-refractivity contribution is -0.384. The molecule has 1 fully saturated rings. The number of nitro benzene ring substituents is 1. The number of carbonyl (C=O) groups is 2. The number of thioether (sulfide) groups is 1. The molecule has 138 valence electrons. The summed E-state index contributed by atoms with van der Waals surface area (Å²) in [5, 5.41) is 19.7. The van der Waals surface area contributed by atoms with Crippen LogP contribution in [0.2, 0.25) is 0 Å². The molecule has 3 rings (SSSR count). The molecular weight excluding hydrogens is 392 g/mol. The Morgan fingerprint density at radius 1 is 1.41 bits per heavy atom. The third-order valence-electron chi connectivity index (χ3n) is 3.75. The lowest BCUT2D eigenvalue weighted by Crippen LogP contribution is -2.33. The van der Waals surface area contributed by atoms with Crippen molar-refractivity contribution in [2.45, 2.75) is 6.92 Å². The van der Waals surface area contributed by atoms with Crippen molar-refractivity contribution < 1.29 is 24.0 Å². The van der Waals surface area contributed by atoms with Gasteiger partial charge in [0, 0.05) is 23.8 Å². The van der Waals surface area contributed by atoms with Crippen molar-refractivity contribution in [3.8, 4) is 11.3 Å². The molecule has 1 aliphatic rings. The van der Waals surface area contributed by atoms with Gasteiger partial charge in [0.2, 0.25) is 0 Å². The van der Waals surface area contributed by atoms with Crippen LogP contribution in [0.5, 0.6) is 0 Å². The SMILES string of the molecule is Cc1cc([N+](=O)[O-])ccc1-c1ccc(/C=C2\SC(=S)N(CC(=O)O)C2=O)o1. The second-order valence-corrected chi connectivity index (χ2v) is 7.30. The Hall–Kier alpha value is -2.98. The number of non-ortho nitro benzene ring substituents is 1. The predicted octanol–water partition coefficient (Wildman–Crippen LogP) is 3.45. The second kappa shape index (κ2) is 7.33. The smallest absolute Gasteiger partial charge is 0.323 e. The maximum absolute atomic E-state index is 12.3. The Kier molecular flexibility index (Phi) is 5.10. The first kappa shape index (κ1) is 18.8. The van der Waals surface area contributed by atoms with E-state index in [-0.39, 0.29) is 14.9 Å². The molecule has 2 heterocycles. The quantitative estimate of drug-likeness (QED) is 0.349. The van der Waals surface area contributed by atoms with E-state index in [4.69, 9.17) is 21.7 Å². The van der Waals surface area contributed by atoms with E-state index in [1.807, 2.05) is 0 Å². The van der Waals surface area contributed by atoms with Crippen molar-refractivity contribution in [2.75, 3.05) is 6.54 Å². The molecule has 0 unspecified atom stereocenters. The highest BCUT2D eigenvalue weighted by Crippen LogP contribution is 2.34. The van der Waals surface area contributed by atoms with Gasteiger partial charge in [0.15, 0.2) is 0 Å². The number of aryl methyl sites for hydroxylation is 1. The molecule has 0 saturated carbocycles. The zero-order chi connectivity index (χ0) is 19.7. The third-order valence-corrected chi connectivity index (χ3v) is 5.13. The number of hydrogen-bond donors (Lipinski definition) is 1. The predicted molar refractivity (Wildman–Crippen MR) is 103 cm³/mol. The topological polar surface area (TPSA) is 114 Å². The Balaban J connectivity index is 1.86. The zero-order valence-corrected chi connectivity index (χ0v) is 15.5. The molecule has 0 bridgehead atoms. The van der Waals surface area contributed by atoms with E-state index in [9.17, 15) is 19.7 Å². The highest BCUT2D eigenvalue weighted by atomic mass is 32.2. The monoisotopic (exact) mass is 404 g/mol. The number of thiocarbonyl (C=S) groups is 1. The van der Waals surface area contributed by atoms with E-state index in [2.05, 4.69) is 0 Å². The van der Waals surface area contributed by atoms with Crippen molar-refractivity contribution >= 4 is 51.9 Å². The summed E-state index contributed by atoms with van der Waals surface area (Å²) in [4.78, 5) is 34.7. The fourth-order valence-electron chi connectivity index (χ4n) is 2.51. The molecule has 0 radical (unpaired) electrons. The van der Waals surface area contributed by atoms with E-state index >= 15 is 0 Å². The second-order valence-electron chi connectivity index (χ2n) is 5.62. The summed E-state index contributed by atoms with van der Waals surface area (Å²) in [7, 11) is 0. The number of carboxylic acid groups (broad SMARTS) is 1. The maximum Gasteiger partial charge on any atom is 0.323 e. The van der Waals surface area contributed by atoms with Gasteiger partial charge >= 0.3 is 5.97 Å². The number of rotatable bonds is 5. The van der Waals surface area contributed by atoms with E-state index in [1.165, 1.54) is 18.2 Å². The molecule has 10 heteroatoms. The van der Waals surface area contributed by atoms with Crippen LogP contribution in [0.15, 0.2) is 39.7 Å². The Bertz CT molecular complexity index is 1010. The van der Waals surface area contributed by atoms with Crippen LogP contribution in [0.25, 0.3) is 17.4 Å². The van der Waals surface area contributed by atoms with Crippen LogP contribution < -0.4 is 0 Å². The van der Waals surface area contributed by atoms with Gasteiger partial charge in [-0.15, -0.1) is 0 Å². The molecule has 1 saturated heterocycles. The van der Waals surface area contributed by atoms with Gasteiger partial charge in [0.05, 0.1) is 9.83 Å². The van der Waals surface area contributed by atoms with E-state index in [1.54, 1.807) is 25.1 Å². The minimum absolute atomic E-state index is 0.00913. The zero-order valence-electron chi connectivity index (χ0n) is 13.9. The number of amides is 1. The highest BCUT2D eigenvalue weighted by Gasteiger charge is 2.33. The molecule has 0 spiro atoms. The number of aliphatic carboxylic acids is 1. The number of benzene rings is 1. The molecule has 1 N–H and O–H groups in total. The number of carboxylic acids is 1. The number of nitro groups is 1.